The first kappa shape index (κ1) is 21.1. The molecule has 0 spiro atoms. The van der Waals surface area contributed by atoms with E-state index in [4.69, 9.17) is 9.84 Å². The molecule has 0 aliphatic rings. The Morgan fingerprint density at radius 3 is 1.68 bits per heavy atom. The van der Waals surface area contributed by atoms with E-state index in [0.29, 0.717) is 11.1 Å². The Bertz CT molecular complexity index is 567. The van der Waals surface area contributed by atoms with E-state index in [1.807, 2.05) is 50.2 Å². The maximum Gasteiger partial charge on any atom is 0.143 e. The Labute approximate surface area is 150 Å². The number of aliphatic hydroxyl groups is 3. The standard InChI is InChI=1S/C17H20O4.C4H8/c18-11-12-21-16(13-19)17(20,14-7-3-1-4-8-14)15-9-5-2-6-10-15;1-4(2)3/h1-10,16,18-20H,11-13H2;1H2,2-3H3. The molecule has 25 heavy (non-hydrogen) atoms. The summed E-state index contributed by atoms with van der Waals surface area (Å²) in [6.45, 7) is 7.02. The lowest BCUT2D eigenvalue weighted by Gasteiger charge is -2.36. The molecule has 1 atom stereocenters. The summed E-state index contributed by atoms with van der Waals surface area (Å²) >= 11 is 0. The summed E-state index contributed by atoms with van der Waals surface area (Å²) < 4.78 is 5.46. The summed E-state index contributed by atoms with van der Waals surface area (Å²) in [6, 6.07) is 18.2. The summed E-state index contributed by atoms with van der Waals surface area (Å²) in [5.74, 6) is 0. The topological polar surface area (TPSA) is 69.9 Å². The van der Waals surface area contributed by atoms with E-state index < -0.39 is 11.7 Å². The summed E-state index contributed by atoms with van der Waals surface area (Å²) in [6.07, 6.45) is -0.866. The highest BCUT2D eigenvalue weighted by molar-refractivity contribution is 5.37. The first-order chi connectivity index (χ1) is 12.0. The summed E-state index contributed by atoms with van der Waals surface area (Å²) in [4.78, 5) is 0. The van der Waals surface area contributed by atoms with Crippen molar-refractivity contribution in [1.29, 1.82) is 0 Å². The molecule has 4 nitrogen and oxygen atoms in total. The van der Waals surface area contributed by atoms with Crippen molar-refractivity contribution in [3.05, 3.63) is 83.9 Å². The molecule has 0 saturated carbocycles. The molecule has 0 bridgehead atoms. The quantitative estimate of drug-likeness (QED) is 0.676. The lowest BCUT2D eigenvalue weighted by molar-refractivity contribution is -0.115. The van der Waals surface area contributed by atoms with Crippen LogP contribution in [0.4, 0.5) is 0 Å². The van der Waals surface area contributed by atoms with E-state index in [9.17, 15) is 10.2 Å². The van der Waals surface area contributed by atoms with Gasteiger partial charge in [-0.3, -0.25) is 0 Å². The van der Waals surface area contributed by atoms with Gasteiger partial charge in [0.15, 0.2) is 0 Å². The van der Waals surface area contributed by atoms with Gasteiger partial charge in [-0.05, 0) is 25.0 Å². The molecular weight excluding hydrogens is 316 g/mol. The highest BCUT2D eigenvalue weighted by Crippen LogP contribution is 2.34. The molecule has 0 fully saturated rings. The zero-order valence-electron chi connectivity index (χ0n) is 14.9. The van der Waals surface area contributed by atoms with Gasteiger partial charge in [-0.2, -0.15) is 0 Å². The summed E-state index contributed by atoms with van der Waals surface area (Å²) in [5.41, 5.74) is 0.952. The fraction of sp³-hybridized carbons (Fsp3) is 0.333. The zero-order valence-corrected chi connectivity index (χ0v) is 14.9. The van der Waals surface area contributed by atoms with Crippen LogP contribution in [-0.4, -0.2) is 41.2 Å². The maximum atomic E-state index is 11.3. The number of hydrogen-bond acceptors (Lipinski definition) is 4. The first-order valence-electron chi connectivity index (χ1n) is 8.25. The Kier molecular flexibility index (Phi) is 9.10. The van der Waals surface area contributed by atoms with Crippen LogP contribution in [0.5, 0.6) is 0 Å². The predicted octanol–water partition coefficient (Wildman–Crippen LogP) is 2.87. The van der Waals surface area contributed by atoms with Crippen molar-refractivity contribution in [3.63, 3.8) is 0 Å². The summed E-state index contributed by atoms with van der Waals surface area (Å²) in [5, 5.41) is 29.8. The van der Waals surface area contributed by atoms with E-state index in [-0.39, 0.29) is 19.8 Å². The molecule has 0 aliphatic heterocycles. The Morgan fingerprint density at radius 2 is 1.36 bits per heavy atom. The zero-order chi connectivity index (χ0) is 18.7. The van der Waals surface area contributed by atoms with Crippen molar-refractivity contribution in [2.24, 2.45) is 0 Å². The number of ether oxygens (including phenoxy) is 1. The highest BCUT2D eigenvalue weighted by atomic mass is 16.5. The molecular formula is C21H28O4. The highest BCUT2D eigenvalue weighted by Gasteiger charge is 2.40. The smallest absolute Gasteiger partial charge is 0.143 e. The van der Waals surface area contributed by atoms with Crippen molar-refractivity contribution >= 4 is 0 Å². The molecule has 0 saturated heterocycles. The largest absolute Gasteiger partial charge is 0.394 e. The van der Waals surface area contributed by atoms with E-state index in [0.717, 1.165) is 0 Å². The van der Waals surface area contributed by atoms with Crippen molar-refractivity contribution in [2.75, 3.05) is 19.8 Å². The fourth-order valence-electron chi connectivity index (χ4n) is 2.42. The third-order valence-electron chi connectivity index (χ3n) is 3.47. The third kappa shape index (κ3) is 6.11. The van der Waals surface area contributed by atoms with Crippen LogP contribution in [0.3, 0.4) is 0 Å². The molecule has 0 heterocycles. The van der Waals surface area contributed by atoms with E-state index in [1.165, 1.54) is 5.57 Å². The fourth-order valence-corrected chi connectivity index (χ4v) is 2.42. The van der Waals surface area contributed by atoms with Crippen LogP contribution in [0.1, 0.15) is 25.0 Å². The second-order valence-corrected chi connectivity index (χ2v) is 5.97. The number of benzene rings is 2. The minimum Gasteiger partial charge on any atom is -0.394 e. The van der Waals surface area contributed by atoms with Gasteiger partial charge in [0.2, 0.25) is 0 Å². The molecule has 1 unspecified atom stereocenters. The number of aliphatic hydroxyl groups excluding tert-OH is 2. The second-order valence-electron chi connectivity index (χ2n) is 5.97. The van der Waals surface area contributed by atoms with Crippen LogP contribution < -0.4 is 0 Å². The molecule has 0 radical (unpaired) electrons. The molecule has 4 heteroatoms. The molecule has 2 aromatic rings. The third-order valence-corrected chi connectivity index (χ3v) is 3.47. The van der Waals surface area contributed by atoms with Gasteiger partial charge in [0.1, 0.15) is 11.7 Å². The van der Waals surface area contributed by atoms with Gasteiger partial charge in [-0.15, -0.1) is 6.58 Å². The van der Waals surface area contributed by atoms with Crippen LogP contribution >= 0.6 is 0 Å². The van der Waals surface area contributed by atoms with Gasteiger partial charge < -0.3 is 20.1 Å². The SMILES string of the molecule is C=C(C)C.OCCOC(CO)C(O)(c1ccccc1)c1ccccc1. The van der Waals surface area contributed by atoms with Crippen LogP contribution in [-0.2, 0) is 10.3 Å². The van der Waals surface area contributed by atoms with Crippen LogP contribution in [0.15, 0.2) is 72.8 Å². The second kappa shape index (κ2) is 10.8. The van der Waals surface area contributed by atoms with Crippen LogP contribution in [0.25, 0.3) is 0 Å². The molecule has 2 rings (SSSR count). The number of allylic oxidation sites excluding steroid dienone is 1. The lowest BCUT2D eigenvalue weighted by atomic mass is 9.81. The van der Waals surface area contributed by atoms with Crippen LogP contribution in [0, 0.1) is 0 Å². The Balaban J connectivity index is 0.000000705. The maximum absolute atomic E-state index is 11.3. The first-order valence-corrected chi connectivity index (χ1v) is 8.25. The van der Waals surface area contributed by atoms with Gasteiger partial charge in [-0.1, -0.05) is 66.2 Å². The molecule has 2 aromatic carbocycles. The van der Waals surface area contributed by atoms with Crippen molar-refractivity contribution in [1.82, 2.24) is 0 Å². The van der Waals surface area contributed by atoms with Gasteiger partial charge in [0.25, 0.3) is 0 Å². The monoisotopic (exact) mass is 344 g/mol. The van der Waals surface area contributed by atoms with Gasteiger partial charge in [0.05, 0.1) is 19.8 Å². The average molecular weight is 344 g/mol. The lowest BCUT2D eigenvalue weighted by Crippen LogP contribution is -2.45. The van der Waals surface area contributed by atoms with Gasteiger partial charge in [-0.25, -0.2) is 0 Å². The van der Waals surface area contributed by atoms with Gasteiger partial charge >= 0.3 is 0 Å². The van der Waals surface area contributed by atoms with Gasteiger partial charge in [0, 0.05) is 0 Å². The molecule has 0 aliphatic carbocycles. The Hall–Kier alpha value is -1.98. The van der Waals surface area contributed by atoms with E-state index >= 15 is 0 Å². The Morgan fingerprint density at radius 1 is 0.960 bits per heavy atom. The molecule has 136 valence electrons. The van der Waals surface area contributed by atoms with Crippen LogP contribution in [0.2, 0.25) is 0 Å². The van der Waals surface area contributed by atoms with E-state index in [2.05, 4.69) is 6.58 Å². The van der Waals surface area contributed by atoms with Crippen molar-refractivity contribution in [2.45, 2.75) is 25.6 Å². The minimum absolute atomic E-state index is 0.0488. The molecule has 0 aromatic heterocycles. The normalized spacial score (nSPS) is 12.0. The van der Waals surface area contributed by atoms with E-state index in [1.54, 1.807) is 24.3 Å². The average Bonchev–Trinajstić information content (AvgIpc) is 2.63. The van der Waals surface area contributed by atoms with Crippen molar-refractivity contribution < 1.29 is 20.1 Å². The molecule has 3 N–H and O–H groups in total. The summed E-state index contributed by atoms with van der Waals surface area (Å²) in [7, 11) is 0. The predicted molar refractivity (Wildman–Crippen MR) is 100 cm³/mol. The minimum atomic E-state index is -1.48. The number of hydrogen-bond donors (Lipinski definition) is 3. The number of rotatable bonds is 7. The van der Waals surface area contributed by atoms with Crippen molar-refractivity contribution in [3.8, 4) is 0 Å². The molecule has 0 amide bonds.